The molecular weight excluding hydrogens is 324 g/mol. The van der Waals surface area contributed by atoms with Gasteiger partial charge in [-0.1, -0.05) is 0 Å². The van der Waals surface area contributed by atoms with Crippen LogP contribution in [0.2, 0.25) is 0 Å². The molecule has 0 fully saturated rings. The summed E-state index contributed by atoms with van der Waals surface area (Å²) in [6.07, 6.45) is 1.51. The fraction of sp³-hybridized carbons (Fsp3) is 0.286. The van der Waals surface area contributed by atoms with Crippen LogP contribution in [0.5, 0.6) is 11.5 Å². The smallest absolute Gasteiger partial charge is 0.267 e. The minimum Gasteiger partial charge on any atom is -0.497 e. The molecule has 0 radical (unpaired) electrons. The van der Waals surface area contributed by atoms with E-state index >= 15 is 0 Å². The summed E-state index contributed by atoms with van der Waals surface area (Å²) < 4.78 is 12.7. The largest absolute Gasteiger partial charge is 0.497 e. The maximum atomic E-state index is 11.9. The van der Waals surface area contributed by atoms with Gasteiger partial charge in [-0.3, -0.25) is 9.36 Å². The van der Waals surface area contributed by atoms with Crippen molar-refractivity contribution in [3.63, 3.8) is 0 Å². The number of hydrogen-bond donors (Lipinski definition) is 0. The Labute approximate surface area is 125 Å². The van der Waals surface area contributed by atoms with Crippen LogP contribution in [0, 0.1) is 6.92 Å². The SMILES string of the molecule is COc1ccc(OCCn2c(C)ncc(Br)c2=O)cc1. The third-order valence-electron chi connectivity index (χ3n) is 2.85. The van der Waals surface area contributed by atoms with E-state index in [1.807, 2.05) is 24.3 Å². The van der Waals surface area contributed by atoms with Gasteiger partial charge in [0, 0.05) is 6.20 Å². The van der Waals surface area contributed by atoms with Crippen molar-refractivity contribution in [1.29, 1.82) is 0 Å². The lowest BCUT2D eigenvalue weighted by Gasteiger charge is -2.11. The van der Waals surface area contributed by atoms with Gasteiger partial charge in [-0.2, -0.15) is 0 Å². The molecule has 0 saturated heterocycles. The first kappa shape index (κ1) is 14.6. The highest BCUT2D eigenvalue weighted by atomic mass is 79.9. The fourth-order valence-corrected chi connectivity index (χ4v) is 2.06. The topological polar surface area (TPSA) is 53.4 Å². The van der Waals surface area contributed by atoms with Crippen LogP contribution in [0.15, 0.2) is 39.7 Å². The van der Waals surface area contributed by atoms with Crippen molar-refractivity contribution in [3.8, 4) is 11.5 Å². The highest BCUT2D eigenvalue weighted by molar-refractivity contribution is 9.10. The van der Waals surface area contributed by atoms with Gasteiger partial charge in [-0.05, 0) is 47.1 Å². The van der Waals surface area contributed by atoms with E-state index in [1.54, 1.807) is 18.6 Å². The van der Waals surface area contributed by atoms with Gasteiger partial charge in [0.25, 0.3) is 5.56 Å². The maximum Gasteiger partial charge on any atom is 0.267 e. The van der Waals surface area contributed by atoms with E-state index in [-0.39, 0.29) is 5.56 Å². The number of ether oxygens (including phenoxy) is 2. The number of nitrogens with zero attached hydrogens (tertiary/aromatic N) is 2. The summed E-state index contributed by atoms with van der Waals surface area (Å²) in [5.74, 6) is 2.18. The highest BCUT2D eigenvalue weighted by Crippen LogP contribution is 2.16. The van der Waals surface area contributed by atoms with Crippen molar-refractivity contribution >= 4 is 15.9 Å². The van der Waals surface area contributed by atoms with Crippen molar-refractivity contribution in [2.24, 2.45) is 0 Å². The molecule has 6 heteroatoms. The van der Waals surface area contributed by atoms with E-state index in [0.29, 0.717) is 23.4 Å². The van der Waals surface area contributed by atoms with Crippen molar-refractivity contribution in [2.75, 3.05) is 13.7 Å². The summed E-state index contributed by atoms with van der Waals surface area (Å²) >= 11 is 3.18. The Morgan fingerprint density at radius 1 is 1.25 bits per heavy atom. The zero-order valence-corrected chi connectivity index (χ0v) is 12.9. The number of aryl methyl sites for hydroxylation is 1. The lowest BCUT2D eigenvalue weighted by atomic mass is 10.3. The first-order chi connectivity index (χ1) is 9.61. The predicted octanol–water partition coefficient (Wildman–Crippen LogP) is 2.40. The molecule has 0 bridgehead atoms. The third-order valence-corrected chi connectivity index (χ3v) is 3.39. The standard InChI is InChI=1S/C14H15BrN2O3/c1-10-16-9-13(15)14(18)17(10)7-8-20-12-5-3-11(19-2)4-6-12/h3-6,9H,7-8H2,1-2H3. The highest BCUT2D eigenvalue weighted by Gasteiger charge is 2.05. The second-order valence-corrected chi connectivity index (χ2v) is 4.99. The fourth-order valence-electron chi connectivity index (χ4n) is 1.74. The first-order valence-electron chi connectivity index (χ1n) is 6.10. The van der Waals surface area contributed by atoms with Gasteiger partial charge >= 0.3 is 0 Å². The molecule has 1 aromatic carbocycles. The molecule has 20 heavy (non-hydrogen) atoms. The molecule has 0 saturated carbocycles. The van der Waals surface area contributed by atoms with E-state index in [2.05, 4.69) is 20.9 Å². The van der Waals surface area contributed by atoms with Gasteiger partial charge in [0.05, 0.1) is 13.7 Å². The Hall–Kier alpha value is -1.82. The summed E-state index contributed by atoms with van der Waals surface area (Å²) in [6.45, 7) is 2.63. The third kappa shape index (κ3) is 3.39. The summed E-state index contributed by atoms with van der Waals surface area (Å²) in [5, 5.41) is 0. The first-order valence-corrected chi connectivity index (χ1v) is 6.90. The predicted molar refractivity (Wildman–Crippen MR) is 79.4 cm³/mol. The van der Waals surface area contributed by atoms with Crippen molar-refractivity contribution in [3.05, 3.63) is 51.1 Å². The molecule has 2 rings (SSSR count). The molecule has 1 aromatic heterocycles. The van der Waals surface area contributed by atoms with Gasteiger partial charge in [0.2, 0.25) is 0 Å². The molecule has 0 aliphatic rings. The van der Waals surface area contributed by atoms with Crippen LogP contribution in [0.25, 0.3) is 0 Å². The molecule has 0 atom stereocenters. The van der Waals surface area contributed by atoms with Crippen molar-refractivity contribution in [2.45, 2.75) is 13.5 Å². The number of methoxy groups -OCH3 is 1. The summed E-state index contributed by atoms with van der Waals surface area (Å²) in [6, 6.07) is 7.31. The van der Waals surface area contributed by atoms with E-state index in [1.165, 1.54) is 6.20 Å². The second kappa shape index (κ2) is 6.56. The molecule has 2 aromatic rings. The molecule has 5 nitrogen and oxygen atoms in total. The summed E-state index contributed by atoms with van der Waals surface area (Å²) in [4.78, 5) is 16.1. The number of benzene rings is 1. The minimum atomic E-state index is -0.101. The monoisotopic (exact) mass is 338 g/mol. The Balaban J connectivity index is 1.99. The van der Waals surface area contributed by atoms with Gasteiger partial charge in [-0.25, -0.2) is 4.98 Å². The Bertz CT molecular complexity index is 638. The van der Waals surface area contributed by atoms with Gasteiger partial charge in [-0.15, -0.1) is 0 Å². The average molecular weight is 339 g/mol. The molecule has 0 aliphatic carbocycles. The molecule has 0 unspecified atom stereocenters. The van der Waals surface area contributed by atoms with E-state index < -0.39 is 0 Å². The number of hydrogen-bond acceptors (Lipinski definition) is 4. The maximum absolute atomic E-state index is 11.9. The zero-order chi connectivity index (χ0) is 14.5. The quantitative estimate of drug-likeness (QED) is 0.839. The average Bonchev–Trinajstić information content (AvgIpc) is 2.47. The molecule has 0 amide bonds. The van der Waals surface area contributed by atoms with E-state index in [9.17, 15) is 4.79 Å². The van der Waals surface area contributed by atoms with Gasteiger partial charge < -0.3 is 9.47 Å². The van der Waals surface area contributed by atoms with Crippen molar-refractivity contribution in [1.82, 2.24) is 9.55 Å². The lowest BCUT2D eigenvalue weighted by molar-refractivity contribution is 0.293. The normalized spacial score (nSPS) is 10.3. The number of aromatic nitrogens is 2. The van der Waals surface area contributed by atoms with Gasteiger partial charge in [0.15, 0.2) is 0 Å². The van der Waals surface area contributed by atoms with Crippen LogP contribution in [0.3, 0.4) is 0 Å². The second-order valence-electron chi connectivity index (χ2n) is 4.13. The van der Waals surface area contributed by atoms with Crippen molar-refractivity contribution < 1.29 is 9.47 Å². The molecular formula is C14H15BrN2O3. The Kier molecular flexibility index (Phi) is 4.79. The van der Waals surface area contributed by atoms with Gasteiger partial charge in [0.1, 0.15) is 28.4 Å². The molecule has 1 heterocycles. The van der Waals surface area contributed by atoms with Crippen LogP contribution in [0.4, 0.5) is 0 Å². The molecule has 0 spiro atoms. The zero-order valence-electron chi connectivity index (χ0n) is 11.3. The van der Waals surface area contributed by atoms with Crippen LogP contribution in [-0.4, -0.2) is 23.3 Å². The van der Waals surface area contributed by atoms with E-state index in [4.69, 9.17) is 9.47 Å². The molecule has 0 N–H and O–H groups in total. The number of halogens is 1. The molecule has 0 aliphatic heterocycles. The van der Waals surface area contributed by atoms with Crippen LogP contribution in [0.1, 0.15) is 5.82 Å². The molecule has 106 valence electrons. The Morgan fingerprint density at radius 2 is 1.90 bits per heavy atom. The Morgan fingerprint density at radius 3 is 2.55 bits per heavy atom. The lowest BCUT2D eigenvalue weighted by Crippen LogP contribution is -2.26. The van der Waals surface area contributed by atoms with Crippen LogP contribution in [-0.2, 0) is 6.54 Å². The minimum absolute atomic E-state index is 0.101. The van der Waals surface area contributed by atoms with Crippen LogP contribution < -0.4 is 15.0 Å². The van der Waals surface area contributed by atoms with Crippen LogP contribution >= 0.6 is 15.9 Å². The number of rotatable bonds is 5. The van der Waals surface area contributed by atoms with E-state index in [0.717, 1.165) is 11.5 Å². The summed E-state index contributed by atoms with van der Waals surface area (Å²) in [5.41, 5.74) is -0.101. The summed E-state index contributed by atoms with van der Waals surface area (Å²) in [7, 11) is 1.62.